The van der Waals surface area contributed by atoms with Crippen LogP contribution in [0.2, 0.25) is 0 Å². The molecule has 0 amide bonds. The van der Waals surface area contributed by atoms with E-state index in [1.807, 2.05) is 24.3 Å². The Hall–Kier alpha value is -1.06. The molecule has 0 radical (unpaired) electrons. The monoisotopic (exact) mass is 263 g/mol. The van der Waals surface area contributed by atoms with Crippen LogP contribution in [-0.4, -0.2) is 42.9 Å². The SMILES string of the molecule is CN1CCCCC1CCOc1ccccc1CCO. The Morgan fingerprint density at radius 3 is 2.95 bits per heavy atom. The van der Waals surface area contributed by atoms with E-state index in [1.165, 1.54) is 25.8 Å². The minimum Gasteiger partial charge on any atom is -0.493 e. The number of ether oxygens (including phenoxy) is 1. The molecule has 1 unspecified atom stereocenters. The zero-order valence-electron chi connectivity index (χ0n) is 11.8. The third-order valence-corrected chi connectivity index (χ3v) is 3.98. The second-order valence-electron chi connectivity index (χ2n) is 5.35. The summed E-state index contributed by atoms with van der Waals surface area (Å²) in [5.74, 6) is 0.926. The molecule has 0 saturated carbocycles. The van der Waals surface area contributed by atoms with Crippen molar-refractivity contribution < 1.29 is 9.84 Å². The maximum absolute atomic E-state index is 9.05. The number of piperidine rings is 1. The smallest absolute Gasteiger partial charge is 0.122 e. The van der Waals surface area contributed by atoms with Gasteiger partial charge in [-0.2, -0.15) is 0 Å². The summed E-state index contributed by atoms with van der Waals surface area (Å²) in [6.07, 6.45) is 5.71. The zero-order chi connectivity index (χ0) is 13.5. The first kappa shape index (κ1) is 14.4. The van der Waals surface area contributed by atoms with Gasteiger partial charge in [0.25, 0.3) is 0 Å². The van der Waals surface area contributed by atoms with E-state index in [2.05, 4.69) is 11.9 Å². The van der Waals surface area contributed by atoms with Crippen molar-refractivity contribution in [1.29, 1.82) is 0 Å². The highest BCUT2D eigenvalue weighted by atomic mass is 16.5. The van der Waals surface area contributed by atoms with Crippen molar-refractivity contribution in [2.45, 2.75) is 38.1 Å². The predicted molar refractivity (Wildman–Crippen MR) is 77.6 cm³/mol. The van der Waals surface area contributed by atoms with Gasteiger partial charge in [0.1, 0.15) is 5.75 Å². The Morgan fingerprint density at radius 1 is 1.32 bits per heavy atom. The fourth-order valence-electron chi connectivity index (χ4n) is 2.79. The lowest BCUT2D eigenvalue weighted by molar-refractivity contribution is 0.152. The summed E-state index contributed by atoms with van der Waals surface area (Å²) < 4.78 is 5.90. The number of nitrogens with zero attached hydrogens (tertiary/aromatic N) is 1. The van der Waals surface area contributed by atoms with Crippen molar-refractivity contribution in [1.82, 2.24) is 4.90 Å². The highest BCUT2D eigenvalue weighted by Crippen LogP contribution is 2.21. The summed E-state index contributed by atoms with van der Waals surface area (Å²) in [7, 11) is 2.21. The normalized spacial score (nSPS) is 20.4. The van der Waals surface area contributed by atoms with Crippen molar-refractivity contribution >= 4 is 0 Å². The molecular formula is C16H25NO2. The van der Waals surface area contributed by atoms with Gasteiger partial charge in [-0.15, -0.1) is 0 Å². The average molecular weight is 263 g/mol. The molecule has 0 bridgehead atoms. The first-order chi connectivity index (χ1) is 9.31. The van der Waals surface area contributed by atoms with E-state index < -0.39 is 0 Å². The fourth-order valence-corrected chi connectivity index (χ4v) is 2.79. The lowest BCUT2D eigenvalue weighted by atomic mass is 10.0. The van der Waals surface area contributed by atoms with Gasteiger partial charge in [0.2, 0.25) is 0 Å². The number of likely N-dealkylation sites (tertiary alicyclic amines) is 1. The molecule has 0 aliphatic carbocycles. The summed E-state index contributed by atoms with van der Waals surface area (Å²) in [4.78, 5) is 2.45. The minimum absolute atomic E-state index is 0.172. The number of hydrogen-bond acceptors (Lipinski definition) is 3. The average Bonchev–Trinajstić information content (AvgIpc) is 2.43. The van der Waals surface area contributed by atoms with E-state index in [0.29, 0.717) is 12.5 Å². The summed E-state index contributed by atoms with van der Waals surface area (Å²) in [6.45, 7) is 2.15. The predicted octanol–water partition coefficient (Wildman–Crippen LogP) is 2.47. The summed E-state index contributed by atoms with van der Waals surface area (Å²) in [5.41, 5.74) is 1.10. The van der Waals surface area contributed by atoms with Crippen molar-refractivity contribution in [2.24, 2.45) is 0 Å². The topological polar surface area (TPSA) is 32.7 Å². The Balaban J connectivity index is 1.81. The van der Waals surface area contributed by atoms with Crippen LogP contribution >= 0.6 is 0 Å². The van der Waals surface area contributed by atoms with Crippen molar-refractivity contribution in [3.05, 3.63) is 29.8 Å². The van der Waals surface area contributed by atoms with Crippen LogP contribution in [0.15, 0.2) is 24.3 Å². The molecule has 1 aliphatic rings. The van der Waals surface area contributed by atoms with E-state index in [1.54, 1.807) is 0 Å². The van der Waals surface area contributed by atoms with Crippen LogP contribution in [0.4, 0.5) is 0 Å². The van der Waals surface area contributed by atoms with Crippen LogP contribution in [0.3, 0.4) is 0 Å². The minimum atomic E-state index is 0.172. The summed E-state index contributed by atoms with van der Waals surface area (Å²) in [6, 6.07) is 8.67. The lowest BCUT2D eigenvalue weighted by Crippen LogP contribution is -2.37. The molecule has 1 aromatic carbocycles. The fraction of sp³-hybridized carbons (Fsp3) is 0.625. The summed E-state index contributed by atoms with van der Waals surface area (Å²) in [5, 5.41) is 9.05. The van der Waals surface area contributed by atoms with Gasteiger partial charge in [0.05, 0.1) is 6.61 Å². The van der Waals surface area contributed by atoms with Gasteiger partial charge >= 0.3 is 0 Å². The van der Waals surface area contributed by atoms with Crippen LogP contribution in [0, 0.1) is 0 Å². The molecular weight excluding hydrogens is 238 g/mol. The van der Waals surface area contributed by atoms with Gasteiger partial charge in [-0.25, -0.2) is 0 Å². The molecule has 1 aliphatic heterocycles. The molecule has 1 heterocycles. The molecule has 0 spiro atoms. The Morgan fingerprint density at radius 2 is 2.16 bits per heavy atom. The molecule has 1 N–H and O–H groups in total. The first-order valence-corrected chi connectivity index (χ1v) is 7.33. The molecule has 3 nitrogen and oxygen atoms in total. The van der Waals surface area contributed by atoms with Crippen molar-refractivity contribution in [3.8, 4) is 5.75 Å². The molecule has 0 aromatic heterocycles. The van der Waals surface area contributed by atoms with Crippen LogP contribution in [0.25, 0.3) is 0 Å². The van der Waals surface area contributed by atoms with E-state index >= 15 is 0 Å². The second-order valence-corrected chi connectivity index (χ2v) is 5.35. The quantitative estimate of drug-likeness (QED) is 0.856. The van der Waals surface area contributed by atoms with E-state index in [9.17, 15) is 0 Å². The molecule has 3 heteroatoms. The van der Waals surface area contributed by atoms with Crippen LogP contribution < -0.4 is 4.74 Å². The van der Waals surface area contributed by atoms with Gasteiger partial charge in [-0.1, -0.05) is 24.6 Å². The number of para-hydroxylation sites is 1. The van der Waals surface area contributed by atoms with E-state index in [-0.39, 0.29) is 6.61 Å². The number of aliphatic hydroxyl groups excluding tert-OH is 1. The Bertz CT molecular complexity index is 381. The van der Waals surface area contributed by atoms with E-state index in [4.69, 9.17) is 9.84 Å². The van der Waals surface area contributed by atoms with Gasteiger partial charge in [0.15, 0.2) is 0 Å². The number of rotatable bonds is 6. The number of aliphatic hydroxyl groups is 1. The molecule has 1 saturated heterocycles. The zero-order valence-corrected chi connectivity index (χ0v) is 11.8. The third kappa shape index (κ3) is 4.22. The molecule has 1 fully saturated rings. The molecule has 2 rings (SSSR count). The standard InChI is InChI=1S/C16H25NO2/c1-17-11-5-4-7-15(17)10-13-19-16-8-3-2-6-14(16)9-12-18/h2-3,6,8,15,18H,4-5,7,9-13H2,1H3. The Kier molecular flexibility index (Phi) is 5.67. The Labute approximate surface area is 116 Å². The van der Waals surface area contributed by atoms with Gasteiger partial charge in [0, 0.05) is 12.6 Å². The summed E-state index contributed by atoms with van der Waals surface area (Å²) >= 11 is 0. The van der Waals surface area contributed by atoms with Crippen LogP contribution in [-0.2, 0) is 6.42 Å². The molecule has 1 aromatic rings. The van der Waals surface area contributed by atoms with Gasteiger partial charge in [-0.3, -0.25) is 0 Å². The highest BCUT2D eigenvalue weighted by Gasteiger charge is 2.18. The molecule has 1 atom stereocenters. The largest absolute Gasteiger partial charge is 0.493 e. The molecule has 19 heavy (non-hydrogen) atoms. The van der Waals surface area contributed by atoms with Crippen LogP contribution in [0.1, 0.15) is 31.2 Å². The maximum Gasteiger partial charge on any atom is 0.122 e. The lowest BCUT2D eigenvalue weighted by Gasteiger charge is -2.32. The third-order valence-electron chi connectivity index (χ3n) is 3.98. The van der Waals surface area contributed by atoms with Crippen LogP contribution in [0.5, 0.6) is 5.75 Å². The molecule has 106 valence electrons. The second kappa shape index (κ2) is 7.51. The maximum atomic E-state index is 9.05. The van der Waals surface area contributed by atoms with Gasteiger partial charge < -0.3 is 14.7 Å². The first-order valence-electron chi connectivity index (χ1n) is 7.33. The van der Waals surface area contributed by atoms with E-state index in [0.717, 1.165) is 24.3 Å². The number of benzene rings is 1. The van der Waals surface area contributed by atoms with Gasteiger partial charge in [-0.05, 0) is 50.9 Å². The van der Waals surface area contributed by atoms with Crippen molar-refractivity contribution in [3.63, 3.8) is 0 Å². The van der Waals surface area contributed by atoms with Crippen molar-refractivity contribution in [2.75, 3.05) is 26.8 Å². The highest BCUT2D eigenvalue weighted by molar-refractivity contribution is 5.33. The number of hydrogen-bond donors (Lipinski definition) is 1.